The summed E-state index contributed by atoms with van der Waals surface area (Å²) in [6.07, 6.45) is 1.60. The Hall–Kier alpha value is -2.66. The van der Waals surface area contributed by atoms with Crippen molar-refractivity contribution in [1.29, 1.82) is 0 Å². The number of likely N-dealkylation sites (tertiary alicyclic amines) is 1. The molecule has 0 aromatic heterocycles. The normalized spacial score (nSPS) is 18.9. The van der Waals surface area contributed by atoms with Crippen molar-refractivity contribution in [3.63, 3.8) is 0 Å². The van der Waals surface area contributed by atoms with E-state index in [4.69, 9.17) is 16.3 Å². The van der Waals surface area contributed by atoms with Crippen LogP contribution >= 0.6 is 11.6 Å². The van der Waals surface area contributed by atoms with Crippen molar-refractivity contribution >= 4 is 29.3 Å². The standard InChI is InChI=1S/C23H24ClNO4/c1-2-29-22(28)23(15-17-8-6-11-19(24)14-17)12-7-13-25(16-23)21(27)20(26)18-9-4-3-5-10-18/h3-6,8-11,14H,2,7,12-13,15-16H2,1H3/t23-/m0/s1. The second-order valence-electron chi connectivity index (χ2n) is 7.33. The third-order valence-corrected chi connectivity index (χ3v) is 5.47. The van der Waals surface area contributed by atoms with Gasteiger partial charge in [0.2, 0.25) is 5.78 Å². The van der Waals surface area contributed by atoms with Gasteiger partial charge >= 0.3 is 5.97 Å². The average Bonchev–Trinajstić information content (AvgIpc) is 2.73. The summed E-state index contributed by atoms with van der Waals surface area (Å²) in [4.78, 5) is 39.9. The molecule has 1 atom stereocenters. The summed E-state index contributed by atoms with van der Waals surface area (Å²) in [7, 11) is 0. The highest BCUT2D eigenvalue weighted by Crippen LogP contribution is 2.36. The third kappa shape index (κ3) is 4.85. The predicted molar refractivity (Wildman–Crippen MR) is 111 cm³/mol. The Morgan fingerprint density at radius 1 is 1.10 bits per heavy atom. The summed E-state index contributed by atoms with van der Waals surface area (Å²) in [5.41, 5.74) is 0.347. The monoisotopic (exact) mass is 413 g/mol. The number of benzene rings is 2. The van der Waals surface area contributed by atoms with Crippen LogP contribution in [-0.4, -0.2) is 42.3 Å². The van der Waals surface area contributed by atoms with E-state index in [9.17, 15) is 14.4 Å². The summed E-state index contributed by atoms with van der Waals surface area (Å²) in [6.45, 7) is 2.60. The molecular formula is C23H24ClNO4. The van der Waals surface area contributed by atoms with Gasteiger partial charge in [0.25, 0.3) is 5.91 Å². The number of carbonyl (C=O) groups is 3. The number of halogens is 1. The zero-order valence-electron chi connectivity index (χ0n) is 16.4. The largest absolute Gasteiger partial charge is 0.466 e. The van der Waals surface area contributed by atoms with Gasteiger partial charge in [-0.3, -0.25) is 14.4 Å². The van der Waals surface area contributed by atoms with Crippen LogP contribution in [0.5, 0.6) is 0 Å². The molecule has 0 radical (unpaired) electrons. The summed E-state index contributed by atoms with van der Waals surface area (Å²) in [5, 5.41) is 0.588. The fourth-order valence-corrected chi connectivity index (χ4v) is 4.08. The lowest BCUT2D eigenvalue weighted by Crippen LogP contribution is -2.53. The van der Waals surface area contributed by atoms with Gasteiger partial charge in [0.15, 0.2) is 0 Å². The highest BCUT2D eigenvalue weighted by atomic mass is 35.5. The molecule has 1 aliphatic heterocycles. The van der Waals surface area contributed by atoms with Crippen molar-refractivity contribution in [1.82, 2.24) is 4.90 Å². The van der Waals surface area contributed by atoms with Gasteiger partial charge in [0.1, 0.15) is 0 Å². The van der Waals surface area contributed by atoms with Crippen LogP contribution in [0.3, 0.4) is 0 Å². The molecule has 2 aromatic carbocycles. The minimum absolute atomic E-state index is 0.149. The lowest BCUT2D eigenvalue weighted by atomic mass is 9.75. The average molecular weight is 414 g/mol. The predicted octanol–water partition coefficient (Wildman–Crippen LogP) is 3.94. The van der Waals surface area contributed by atoms with Gasteiger partial charge in [0.05, 0.1) is 12.0 Å². The van der Waals surface area contributed by atoms with Crippen molar-refractivity contribution in [2.45, 2.75) is 26.2 Å². The van der Waals surface area contributed by atoms with E-state index in [1.54, 1.807) is 43.3 Å². The zero-order chi connectivity index (χ0) is 20.9. The number of piperidine rings is 1. The first-order valence-corrected chi connectivity index (χ1v) is 10.1. The van der Waals surface area contributed by atoms with E-state index in [-0.39, 0.29) is 19.1 Å². The Bertz CT molecular complexity index is 899. The van der Waals surface area contributed by atoms with Crippen molar-refractivity contribution in [2.24, 2.45) is 5.41 Å². The smallest absolute Gasteiger partial charge is 0.314 e. The number of hydrogen-bond acceptors (Lipinski definition) is 4. The minimum atomic E-state index is -0.897. The van der Waals surface area contributed by atoms with Gasteiger partial charge in [-0.05, 0) is 43.9 Å². The van der Waals surface area contributed by atoms with Crippen molar-refractivity contribution < 1.29 is 19.1 Å². The van der Waals surface area contributed by atoms with Crippen LogP contribution in [0.2, 0.25) is 5.02 Å². The van der Waals surface area contributed by atoms with Gasteiger partial charge in [0, 0.05) is 23.7 Å². The molecule has 0 spiro atoms. The quantitative estimate of drug-likeness (QED) is 0.409. The summed E-state index contributed by atoms with van der Waals surface area (Å²) < 4.78 is 5.37. The molecule has 0 bridgehead atoms. The number of carbonyl (C=O) groups excluding carboxylic acids is 3. The van der Waals surface area contributed by atoms with E-state index >= 15 is 0 Å². The second kappa shape index (κ2) is 9.23. The van der Waals surface area contributed by atoms with Gasteiger partial charge in [-0.1, -0.05) is 54.1 Å². The molecule has 0 unspecified atom stereocenters. The van der Waals surface area contributed by atoms with Crippen LogP contribution in [0.4, 0.5) is 0 Å². The molecule has 1 fully saturated rings. The molecule has 0 aliphatic carbocycles. The van der Waals surface area contributed by atoms with Gasteiger partial charge in [-0.2, -0.15) is 0 Å². The highest BCUT2D eigenvalue weighted by Gasteiger charge is 2.45. The SMILES string of the molecule is CCOC(=O)[C@]1(Cc2cccc(Cl)c2)CCCN(C(=O)C(=O)c2ccccc2)C1. The van der Waals surface area contributed by atoms with Crippen LogP contribution in [0.25, 0.3) is 0 Å². The zero-order valence-corrected chi connectivity index (χ0v) is 17.2. The molecule has 0 N–H and O–H groups in total. The summed E-state index contributed by atoms with van der Waals surface area (Å²) in [6, 6.07) is 15.8. The number of hydrogen-bond donors (Lipinski definition) is 0. The minimum Gasteiger partial charge on any atom is -0.466 e. The van der Waals surface area contributed by atoms with Gasteiger partial charge in [-0.15, -0.1) is 0 Å². The molecule has 1 saturated heterocycles. The first-order valence-electron chi connectivity index (χ1n) is 9.75. The van der Waals surface area contributed by atoms with Gasteiger partial charge < -0.3 is 9.64 Å². The Labute approximate surface area is 175 Å². The molecule has 3 rings (SSSR count). The fraction of sp³-hybridized carbons (Fsp3) is 0.348. The Kier molecular flexibility index (Phi) is 6.70. The van der Waals surface area contributed by atoms with Crippen LogP contribution in [0.15, 0.2) is 54.6 Å². The number of rotatable bonds is 6. The number of esters is 1. The van der Waals surface area contributed by atoms with E-state index in [0.29, 0.717) is 36.4 Å². The molecule has 5 nitrogen and oxygen atoms in total. The maximum absolute atomic E-state index is 12.9. The third-order valence-electron chi connectivity index (χ3n) is 5.23. The van der Waals surface area contributed by atoms with Crippen molar-refractivity contribution in [3.8, 4) is 0 Å². The Balaban J connectivity index is 1.86. The molecule has 1 amide bonds. The fourth-order valence-electron chi connectivity index (χ4n) is 3.87. The van der Waals surface area contributed by atoms with Crippen molar-refractivity contribution in [3.05, 3.63) is 70.7 Å². The number of nitrogens with zero attached hydrogens (tertiary/aromatic N) is 1. The summed E-state index contributed by atoms with van der Waals surface area (Å²) >= 11 is 6.11. The Morgan fingerprint density at radius 3 is 2.55 bits per heavy atom. The maximum atomic E-state index is 12.9. The number of amides is 1. The molecule has 152 valence electrons. The van der Waals surface area contributed by atoms with Crippen LogP contribution in [-0.2, 0) is 20.7 Å². The lowest BCUT2D eigenvalue weighted by molar-refractivity contribution is -0.160. The van der Waals surface area contributed by atoms with E-state index in [0.717, 1.165) is 5.56 Å². The summed E-state index contributed by atoms with van der Waals surface area (Å²) in [5.74, 6) is -1.49. The lowest BCUT2D eigenvalue weighted by Gasteiger charge is -2.40. The maximum Gasteiger partial charge on any atom is 0.314 e. The molecule has 1 heterocycles. The number of ether oxygens (including phenoxy) is 1. The molecule has 0 saturated carbocycles. The van der Waals surface area contributed by atoms with E-state index in [1.807, 2.05) is 18.2 Å². The molecule has 1 aliphatic rings. The molecule has 2 aromatic rings. The molecular weight excluding hydrogens is 390 g/mol. The highest BCUT2D eigenvalue weighted by molar-refractivity contribution is 6.42. The van der Waals surface area contributed by atoms with E-state index < -0.39 is 17.1 Å². The topological polar surface area (TPSA) is 63.7 Å². The van der Waals surface area contributed by atoms with Crippen LogP contribution < -0.4 is 0 Å². The second-order valence-corrected chi connectivity index (χ2v) is 7.77. The first kappa shape index (κ1) is 21.1. The van der Waals surface area contributed by atoms with E-state index in [1.165, 1.54) is 4.90 Å². The van der Waals surface area contributed by atoms with Crippen LogP contribution in [0.1, 0.15) is 35.7 Å². The van der Waals surface area contributed by atoms with Gasteiger partial charge in [-0.25, -0.2) is 0 Å². The number of ketones is 1. The Morgan fingerprint density at radius 2 is 1.86 bits per heavy atom. The first-order chi connectivity index (χ1) is 13.9. The number of Topliss-reactive ketones (excluding diaryl/α,β-unsaturated/α-hetero) is 1. The van der Waals surface area contributed by atoms with E-state index in [2.05, 4.69) is 0 Å². The molecule has 29 heavy (non-hydrogen) atoms. The molecule has 6 heteroatoms. The van der Waals surface area contributed by atoms with Crippen LogP contribution in [0, 0.1) is 5.41 Å². The van der Waals surface area contributed by atoms with Crippen molar-refractivity contribution in [2.75, 3.05) is 19.7 Å².